The molecule has 0 aliphatic rings. The van der Waals surface area contributed by atoms with E-state index in [-0.39, 0.29) is 6.54 Å². The lowest BCUT2D eigenvalue weighted by Gasteiger charge is -2.04. The average molecular weight is 357 g/mol. The first-order valence-corrected chi connectivity index (χ1v) is 9.22. The molecule has 6 heteroatoms. The van der Waals surface area contributed by atoms with E-state index in [9.17, 15) is 13.2 Å². The van der Waals surface area contributed by atoms with Crippen molar-refractivity contribution in [2.75, 3.05) is 6.54 Å². The number of hydrogen-bond donors (Lipinski definition) is 2. The maximum absolute atomic E-state index is 11.9. The number of carboxylic acid groups (broad SMARTS) is 1. The van der Waals surface area contributed by atoms with E-state index in [2.05, 4.69) is 4.72 Å². The van der Waals surface area contributed by atoms with Crippen LogP contribution in [0.3, 0.4) is 0 Å². The Morgan fingerprint density at radius 3 is 2.24 bits per heavy atom. The summed E-state index contributed by atoms with van der Waals surface area (Å²) in [7, 11) is -3.48. The minimum Gasteiger partial charge on any atom is -0.478 e. The molecule has 5 nitrogen and oxygen atoms in total. The van der Waals surface area contributed by atoms with Gasteiger partial charge in [-0.05, 0) is 35.3 Å². The second-order valence-electron chi connectivity index (χ2n) is 5.32. The molecule has 2 aromatic carbocycles. The van der Waals surface area contributed by atoms with Gasteiger partial charge in [0.25, 0.3) is 0 Å². The molecule has 0 spiro atoms. The zero-order valence-electron chi connectivity index (χ0n) is 13.5. The van der Waals surface area contributed by atoms with Gasteiger partial charge in [0.1, 0.15) is 0 Å². The molecule has 0 heterocycles. The summed E-state index contributed by atoms with van der Waals surface area (Å²) in [6, 6.07) is 16.5. The van der Waals surface area contributed by atoms with Gasteiger partial charge in [0.15, 0.2) is 0 Å². The van der Waals surface area contributed by atoms with Crippen LogP contribution in [0.2, 0.25) is 0 Å². The number of carboxylic acids is 1. The fourth-order valence-electron chi connectivity index (χ4n) is 2.08. The maximum Gasteiger partial charge on any atom is 0.328 e. The Kier molecular flexibility index (Phi) is 6.68. The predicted molar refractivity (Wildman–Crippen MR) is 99.2 cm³/mol. The summed E-state index contributed by atoms with van der Waals surface area (Å²) in [5.74, 6) is -0.998. The molecule has 0 aliphatic carbocycles. The van der Waals surface area contributed by atoms with Crippen molar-refractivity contribution in [1.82, 2.24) is 4.72 Å². The largest absolute Gasteiger partial charge is 0.478 e. The van der Waals surface area contributed by atoms with Gasteiger partial charge in [0, 0.05) is 18.0 Å². The molecule has 0 unspecified atom stereocenters. The van der Waals surface area contributed by atoms with Gasteiger partial charge < -0.3 is 5.11 Å². The van der Waals surface area contributed by atoms with Crippen LogP contribution in [-0.2, 0) is 21.2 Å². The van der Waals surface area contributed by atoms with Crippen molar-refractivity contribution in [3.8, 4) is 0 Å². The first kappa shape index (κ1) is 18.6. The summed E-state index contributed by atoms with van der Waals surface area (Å²) in [5, 5.41) is 9.74. The third kappa shape index (κ3) is 7.15. The van der Waals surface area contributed by atoms with Crippen LogP contribution in [-0.4, -0.2) is 26.0 Å². The molecular formula is C19H19NO4S. The first-order valence-electron chi connectivity index (χ1n) is 7.67. The summed E-state index contributed by atoms with van der Waals surface area (Å²) in [4.78, 5) is 10.5. The van der Waals surface area contributed by atoms with Crippen molar-refractivity contribution in [3.05, 3.63) is 82.8 Å². The molecule has 0 aliphatic heterocycles. The number of benzene rings is 2. The van der Waals surface area contributed by atoms with Crippen LogP contribution in [0.5, 0.6) is 0 Å². The fourth-order valence-corrected chi connectivity index (χ4v) is 2.90. The van der Waals surface area contributed by atoms with Crippen molar-refractivity contribution in [1.29, 1.82) is 0 Å². The molecule has 0 radical (unpaired) electrons. The highest BCUT2D eigenvalue weighted by atomic mass is 32.2. The van der Waals surface area contributed by atoms with Crippen molar-refractivity contribution < 1.29 is 18.3 Å². The predicted octanol–water partition coefficient (Wildman–Crippen LogP) is 2.92. The van der Waals surface area contributed by atoms with Gasteiger partial charge >= 0.3 is 5.97 Å². The van der Waals surface area contributed by atoms with Gasteiger partial charge in [-0.2, -0.15) is 0 Å². The van der Waals surface area contributed by atoms with E-state index < -0.39 is 16.0 Å². The van der Waals surface area contributed by atoms with Crippen LogP contribution in [0.4, 0.5) is 0 Å². The minimum atomic E-state index is -3.48. The van der Waals surface area contributed by atoms with Gasteiger partial charge in [-0.15, -0.1) is 0 Å². The first-order chi connectivity index (χ1) is 11.9. The van der Waals surface area contributed by atoms with E-state index in [0.717, 1.165) is 28.2 Å². The molecule has 2 N–H and O–H groups in total. The topological polar surface area (TPSA) is 83.5 Å². The van der Waals surface area contributed by atoms with Crippen LogP contribution in [0.1, 0.15) is 16.7 Å². The molecule has 2 rings (SSSR count). The van der Waals surface area contributed by atoms with E-state index in [1.165, 1.54) is 6.08 Å². The van der Waals surface area contributed by atoms with Gasteiger partial charge in [-0.3, -0.25) is 0 Å². The SMILES string of the molecule is O=C(O)/C=C/c1ccc(CCNS(=O)(=O)/C=C/c2ccccc2)cc1. The number of aliphatic carboxylic acids is 1. The van der Waals surface area contributed by atoms with Crippen LogP contribution in [0.25, 0.3) is 12.2 Å². The molecule has 0 aromatic heterocycles. The summed E-state index contributed by atoms with van der Waals surface area (Å²) in [6.07, 6.45) is 4.67. The normalized spacial score (nSPS) is 12.0. The highest BCUT2D eigenvalue weighted by molar-refractivity contribution is 7.92. The molecule has 2 aromatic rings. The molecule has 0 atom stereocenters. The van der Waals surface area contributed by atoms with Crippen LogP contribution >= 0.6 is 0 Å². The number of hydrogen-bond acceptors (Lipinski definition) is 3. The van der Waals surface area contributed by atoms with Crippen LogP contribution in [0.15, 0.2) is 66.1 Å². The monoisotopic (exact) mass is 357 g/mol. The Bertz CT molecular complexity index is 854. The lowest BCUT2D eigenvalue weighted by Crippen LogP contribution is -2.23. The number of carbonyl (C=O) groups is 1. The van der Waals surface area contributed by atoms with E-state index >= 15 is 0 Å². The Hall–Kier alpha value is -2.70. The molecule has 0 fully saturated rings. The zero-order valence-corrected chi connectivity index (χ0v) is 14.3. The molecule has 0 saturated heterocycles. The third-order valence-corrected chi connectivity index (χ3v) is 4.46. The van der Waals surface area contributed by atoms with Gasteiger partial charge in [-0.25, -0.2) is 17.9 Å². The fraction of sp³-hybridized carbons (Fsp3) is 0.105. The van der Waals surface area contributed by atoms with E-state index in [0.29, 0.717) is 6.42 Å². The summed E-state index contributed by atoms with van der Waals surface area (Å²) < 4.78 is 26.4. The van der Waals surface area contributed by atoms with Crippen molar-refractivity contribution >= 4 is 28.1 Å². The molecule has 0 amide bonds. The summed E-state index contributed by atoms with van der Waals surface area (Å²) in [6.45, 7) is 0.284. The van der Waals surface area contributed by atoms with E-state index in [4.69, 9.17) is 5.11 Å². The van der Waals surface area contributed by atoms with E-state index in [1.54, 1.807) is 18.2 Å². The molecule has 130 valence electrons. The Balaban J connectivity index is 1.85. The Morgan fingerprint density at radius 2 is 1.60 bits per heavy atom. The van der Waals surface area contributed by atoms with Crippen LogP contribution < -0.4 is 4.72 Å². The highest BCUT2D eigenvalue weighted by Gasteiger charge is 2.04. The number of sulfonamides is 1. The van der Waals surface area contributed by atoms with Crippen molar-refractivity contribution in [3.63, 3.8) is 0 Å². The zero-order chi connectivity index (χ0) is 18.1. The minimum absolute atomic E-state index is 0.284. The van der Waals surface area contributed by atoms with Gasteiger partial charge in [0.05, 0.1) is 0 Å². The number of rotatable bonds is 8. The Labute approximate surface area is 147 Å². The molecule has 25 heavy (non-hydrogen) atoms. The number of nitrogens with one attached hydrogen (secondary N) is 1. The quantitative estimate of drug-likeness (QED) is 0.712. The summed E-state index contributed by atoms with van der Waals surface area (Å²) >= 11 is 0. The second-order valence-corrected chi connectivity index (χ2v) is 6.97. The molecular weight excluding hydrogens is 338 g/mol. The lowest BCUT2D eigenvalue weighted by atomic mass is 10.1. The third-order valence-electron chi connectivity index (χ3n) is 3.35. The standard InChI is InChI=1S/C19H19NO4S/c21-19(22)11-10-17-6-8-18(9-7-17)12-14-20-25(23,24)15-13-16-4-2-1-3-5-16/h1-11,13,15,20H,12,14H2,(H,21,22)/b11-10+,15-13+. The van der Waals surface area contributed by atoms with E-state index in [1.807, 2.05) is 42.5 Å². The second kappa shape index (κ2) is 8.96. The average Bonchev–Trinajstić information content (AvgIpc) is 2.60. The smallest absolute Gasteiger partial charge is 0.328 e. The molecule has 0 bridgehead atoms. The lowest BCUT2D eigenvalue weighted by molar-refractivity contribution is -0.131. The van der Waals surface area contributed by atoms with Gasteiger partial charge in [-0.1, -0.05) is 54.6 Å². The summed E-state index contributed by atoms with van der Waals surface area (Å²) in [5.41, 5.74) is 2.55. The van der Waals surface area contributed by atoms with Crippen molar-refractivity contribution in [2.45, 2.75) is 6.42 Å². The Morgan fingerprint density at radius 1 is 0.960 bits per heavy atom. The highest BCUT2D eigenvalue weighted by Crippen LogP contribution is 2.07. The maximum atomic E-state index is 11.9. The van der Waals surface area contributed by atoms with Crippen LogP contribution in [0, 0.1) is 0 Å². The molecule has 0 saturated carbocycles. The van der Waals surface area contributed by atoms with Crippen molar-refractivity contribution in [2.24, 2.45) is 0 Å². The van der Waals surface area contributed by atoms with Gasteiger partial charge in [0.2, 0.25) is 10.0 Å².